The lowest BCUT2D eigenvalue weighted by atomic mass is 10.0. The maximum atomic E-state index is 4.66. The lowest BCUT2D eigenvalue weighted by Gasteiger charge is -2.10. The molecule has 5 nitrogen and oxygen atoms in total. The number of hydrogen-bond acceptors (Lipinski definition) is 4. The molecule has 0 fully saturated rings. The number of aromatic nitrogens is 4. The highest BCUT2D eigenvalue weighted by atomic mass is 32.1. The molecule has 6 heteroatoms. The Kier molecular flexibility index (Phi) is 9.02. The van der Waals surface area contributed by atoms with E-state index in [2.05, 4.69) is 108 Å². The smallest absolute Gasteiger partial charge is 0.181 e. The quantitative estimate of drug-likeness (QED) is 0.164. The number of aryl methyl sites for hydroxylation is 1. The van der Waals surface area contributed by atoms with Crippen LogP contribution >= 0.6 is 11.3 Å². The van der Waals surface area contributed by atoms with Crippen LogP contribution in [0.1, 0.15) is 60.7 Å². The van der Waals surface area contributed by atoms with Gasteiger partial charge in [0, 0.05) is 55.1 Å². The molecule has 40 heavy (non-hydrogen) atoms. The van der Waals surface area contributed by atoms with Gasteiger partial charge in [-0.2, -0.15) is 5.10 Å². The number of aromatic amines is 2. The monoisotopic (exact) mass is 547 g/mol. The zero-order valence-corrected chi connectivity index (χ0v) is 24.8. The van der Waals surface area contributed by atoms with Gasteiger partial charge in [-0.05, 0) is 81.7 Å². The highest BCUT2D eigenvalue weighted by molar-refractivity contribution is 7.14. The molecule has 4 aromatic rings. The van der Waals surface area contributed by atoms with Crippen molar-refractivity contribution in [3.8, 4) is 11.4 Å². The summed E-state index contributed by atoms with van der Waals surface area (Å²) in [6.45, 7) is 22.4. The van der Waals surface area contributed by atoms with Gasteiger partial charge in [0.2, 0.25) is 0 Å². The topological polar surface area (TPSA) is 69.4 Å². The number of rotatable bonds is 11. The van der Waals surface area contributed by atoms with Gasteiger partial charge in [-0.25, -0.2) is 4.98 Å². The van der Waals surface area contributed by atoms with Gasteiger partial charge in [-0.1, -0.05) is 51.0 Å². The van der Waals surface area contributed by atoms with Crippen LogP contribution < -0.4 is 5.32 Å². The second kappa shape index (κ2) is 12.6. The Morgan fingerprint density at radius 3 is 2.58 bits per heavy atom. The molecule has 4 rings (SSSR count). The number of nitrogens with one attached hydrogen (secondary N) is 3. The van der Waals surface area contributed by atoms with Gasteiger partial charge in [0.05, 0.1) is 11.4 Å². The van der Waals surface area contributed by atoms with Crippen molar-refractivity contribution < 1.29 is 0 Å². The van der Waals surface area contributed by atoms with E-state index < -0.39 is 0 Å². The van der Waals surface area contributed by atoms with Gasteiger partial charge in [0.1, 0.15) is 0 Å². The van der Waals surface area contributed by atoms with Crippen LogP contribution in [0.5, 0.6) is 0 Å². The largest absolute Gasteiger partial charge is 0.359 e. The molecule has 0 radical (unpaired) electrons. The van der Waals surface area contributed by atoms with Crippen molar-refractivity contribution in [2.24, 2.45) is 0 Å². The first kappa shape index (κ1) is 28.6. The van der Waals surface area contributed by atoms with E-state index in [1.165, 1.54) is 9.75 Å². The molecule has 0 aromatic carbocycles. The lowest BCUT2D eigenvalue weighted by Crippen LogP contribution is -2.09. The van der Waals surface area contributed by atoms with Gasteiger partial charge in [-0.15, -0.1) is 11.3 Å². The number of thiophene rings is 1. The van der Waals surface area contributed by atoms with Crippen molar-refractivity contribution >= 4 is 39.1 Å². The Hall–Kier alpha value is -4.42. The van der Waals surface area contributed by atoms with Crippen LogP contribution in [0.2, 0.25) is 0 Å². The summed E-state index contributed by atoms with van der Waals surface area (Å²) in [4.78, 5) is 10.6. The van der Waals surface area contributed by atoms with Gasteiger partial charge in [-0.3, -0.25) is 5.10 Å². The first-order valence-electron chi connectivity index (χ1n) is 13.4. The number of allylic oxidation sites excluding steroid dienone is 9. The van der Waals surface area contributed by atoms with Crippen molar-refractivity contribution in [1.29, 1.82) is 0 Å². The highest BCUT2D eigenvalue weighted by Gasteiger charge is 2.18. The third kappa shape index (κ3) is 6.08. The molecule has 4 heterocycles. The number of H-pyrrole nitrogens is 2. The molecular weight excluding hydrogens is 510 g/mol. The Balaban J connectivity index is 1.77. The summed E-state index contributed by atoms with van der Waals surface area (Å²) in [6, 6.07) is 8.64. The zero-order valence-electron chi connectivity index (χ0n) is 24.0. The fraction of sp³-hybridized carbons (Fsp3) is 0.176. The van der Waals surface area contributed by atoms with Crippen molar-refractivity contribution in [2.75, 3.05) is 0 Å². The molecule has 204 valence electrons. The summed E-state index contributed by atoms with van der Waals surface area (Å²) >= 11 is 1.76. The Morgan fingerprint density at radius 2 is 1.93 bits per heavy atom. The second-order valence-electron chi connectivity index (χ2n) is 9.60. The molecule has 0 saturated carbocycles. The van der Waals surface area contributed by atoms with Crippen molar-refractivity contribution in [3.63, 3.8) is 0 Å². The van der Waals surface area contributed by atoms with E-state index in [9.17, 15) is 0 Å². The van der Waals surface area contributed by atoms with Gasteiger partial charge < -0.3 is 10.3 Å². The standard InChI is InChI=1S/C34H37N5S/c1-9-13-14-27(32-16-15-31(40-32)21(5)6)28-19-30(37-23(28)8)33-29-18-25(20-35-34(29)39-38-33)24(11-3)17-26(12-4)36-22(7)10-2/h9,11-20,36-37H,4-5,7,10H2,1-3,6,8H3,(H,35,38,39)/b13-9-,24-11+,26-17+,27-14+. The normalized spacial score (nSPS) is 12.9. The summed E-state index contributed by atoms with van der Waals surface area (Å²) in [6.07, 6.45) is 14.9. The SMILES string of the molecule is C=C/C(=C\C(=C/C)c1cnc2n[nH]c(-c3cc(/C(=C\C=C/C)c4ccc(C(=C)C)s4)c(C)[nH]3)c2c1)NC(=C)CC. The molecule has 0 saturated heterocycles. The number of nitrogens with zero attached hydrogens (tertiary/aromatic N) is 2. The maximum Gasteiger partial charge on any atom is 0.181 e. The number of pyridine rings is 1. The molecule has 0 atom stereocenters. The van der Waals surface area contributed by atoms with E-state index in [-0.39, 0.29) is 0 Å². The lowest BCUT2D eigenvalue weighted by molar-refractivity contribution is 0.921. The van der Waals surface area contributed by atoms with E-state index in [0.717, 1.165) is 68.1 Å². The van der Waals surface area contributed by atoms with Crippen LogP contribution in [-0.4, -0.2) is 20.2 Å². The van der Waals surface area contributed by atoms with Crippen LogP contribution in [0, 0.1) is 6.92 Å². The fourth-order valence-electron chi connectivity index (χ4n) is 4.38. The molecule has 0 amide bonds. The first-order chi connectivity index (χ1) is 19.3. The first-order valence-corrected chi connectivity index (χ1v) is 14.2. The summed E-state index contributed by atoms with van der Waals surface area (Å²) in [5.41, 5.74) is 10.8. The fourth-order valence-corrected chi connectivity index (χ4v) is 5.36. The Morgan fingerprint density at radius 1 is 1.15 bits per heavy atom. The van der Waals surface area contributed by atoms with Crippen LogP contribution in [0.4, 0.5) is 0 Å². The summed E-state index contributed by atoms with van der Waals surface area (Å²) in [5, 5.41) is 12.0. The van der Waals surface area contributed by atoms with Crippen LogP contribution in [0.3, 0.4) is 0 Å². The minimum absolute atomic E-state index is 0.669. The Labute approximate surface area is 241 Å². The summed E-state index contributed by atoms with van der Waals surface area (Å²) in [7, 11) is 0. The van der Waals surface area contributed by atoms with Crippen LogP contribution in [-0.2, 0) is 0 Å². The van der Waals surface area contributed by atoms with Gasteiger partial charge in [0.25, 0.3) is 0 Å². The average molecular weight is 548 g/mol. The maximum absolute atomic E-state index is 4.66. The third-order valence-corrected chi connectivity index (χ3v) is 7.93. The molecule has 0 bridgehead atoms. The van der Waals surface area contributed by atoms with Crippen LogP contribution in [0.15, 0.2) is 98.0 Å². The van der Waals surface area contributed by atoms with Gasteiger partial charge >= 0.3 is 0 Å². The van der Waals surface area contributed by atoms with E-state index in [1.54, 1.807) is 17.4 Å². The molecule has 0 unspecified atom stereocenters. The van der Waals surface area contributed by atoms with Crippen molar-refractivity contribution in [3.05, 3.63) is 125 Å². The third-order valence-electron chi connectivity index (χ3n) is 6.65. The molecule has 0 aliphatic rings. The van der Waals surface area contributed by atoms with E-state index in [0.29, 0.717) is 5.65 Å². The Bertz CT molecular complexity index is 1700. The van der Waals surface area contributed by atoms with E-state index >= 15 is 0 Å². The average Bonchev–Trinajstić information content (AvgIpc) is 3.69. The predicted octanol–water partition coefficient (Wildman–Crippen LogP) is 9.35. The minimum Gasteiger partial charge on any atom is -0.359 e. The number of fused-ring (bicyclic) bond motifs is 1. The summed E-state index contributed by atoms with van der Waals surface area (Å²) < 4.78 is 0. The molecule has 0 aliphatic heterocycles. The summed E-state index contributed by atoms with van der Waals surface area (Å²) in [5.74, 6) is 0. The second-order valence-corrected chi connectivity index (χ2v) is 10.7. The highest BCUT2D eigenvalue weighted by Crippen LogP contribution is 2.36. The van der Waals surface area contributed by atoms with Crippen LogP contribution in [0.25, 0.3) is 39.1 Å². The van der Waals surface area contributed by atoms with Crippen molar-refractivity contribution in [2.45, 2.75) is 41.0 Å². The van der Waals surface area contributed by atoms with E-state index in [4.69, 9.17) is 0 Å². The van der Waals surface area contributed by atoms with E-state index in [1.807, 2.05) is 33.0 Å². The molecule has 3 N–H and O–H groups in total. The molecule has 0 aliphatic carbocycles. The molecule has 0 spiro atoms. The van der Waals surface area contributed by atoms with Crippen molar-refractivity contribution in [1.82, 2.24) is 25.5 Å². The minimum atomic E-state index is 0.669. The van der Waals surface area contributed by atoms with Gasteiger partial charge in [0.15, 0.2) is 5.65 Å². The zero-order chi connectivity index (χ0) is 28.8. The number of hydrogen-bond donors (Lipinski definition) is 3. The molecular formula is C34H37N5S. The molecule has 4 aromatic heterocycles. The predicted molar refractivity (Wildman–Crippen MR) is 174 cm³/mol.